The monoisotopic (exact) mass is 321 g/mol. The number of nitrogens with one attached hydrogen (secondary N) is 1. The van der Waals surface area contributed by atoms with Crippen LogP contribution in [-0.4, -0.2) is 11.2 Å². The number of benzene rings is 2. The number of aryl methyl sites for hydroxylation is 1. The summed E-state index contributed by atoms with van der Waals surface area (Å²) in [5, 5.41) is 2.39. The van der Waals surface area contributed by atoms with Crippen LogP contribution in [0.3, 0.4) is 0 Å². The van der Waals surface area contributed by atoms with E-state index >= 15 is 0 Å². The quantitative estimate of drug-likeness (QED) is 0.812. The molecule has 0 spiro atoms. The van der Waals surface area contributed by atoms with Crippen molar-refractivity contribution in [1.82, 2.24) is 0 Å². The summed E-state index contributed by atoms with van der Waals surface area (Å²) in [5.74, 6) is -1.98. The van der Waals surface area contributed by atoms with E-state index in [-0.39, 0.29) is 5.91 Å². The van der Waals surface area contributed by atoms with Gasteiger partial charge in [0.15, 0.2) is 11.6 Å². The lowest BCUT2D eigenvalue weighted by Crippen LogP contribution is -2.22. The van der Waals surface area contributed by atoms with Gasteiger partial charge < -0.3 is 5.32 Å². The molecule has 0 saturated heterocycles. The molecule has 0 aliphatic carbocycles. The van der Waals surface area contributed by atoms with Crippen molar-refractivity contribution in [3.63, 3.8) is 0 Å². The highest BCUT2D eigenvalue weighted by Gasteiger charge is 2.15. The van der Waals surface area contributed by atoms with Gasteiger partial charge in [0.2, 0.25) is 5.91 Å². The molecule has 2 rings (SSSR count). The van der Waals surface area contributed by atoms with Gasteiger partial charge in [-0.3, -0.25) is 4.79 Å². The van der Waals surface area contributed by atoms with Crippen LogP contribution < -0.4 is 5.32 Å². The SMILES string of the molecule is CCc1ccc(NC(=O)C(C)Sc2ccc(F)c(F)c2)cc1. The number of amides is 1. The van der Waals surface area contributed by atoms with Gasteiger partial charge in [0.1, 0.15) is 0 Å². The molecule has 0 radical (unpaired) electrons. The maximum Gasteiger partial charge on any atom is 0.237 e. The Balaban J connectivity index is 1.97. The Hall–Kier alpha value is -1.88. The molecule has 2 nitrogen and oxygen atoms in total. The molecule has 2 aromatic carbocycles. The van der Waals surface area contributed by atoms with Gasteiger partial charge in [0, 0.05) is 10.6 Å². The first-order chi connectivity index (χ1) is 10.5. The molecule has 1 amide bonds. The highest BCUT2D eigenvalue weighted by molar-refractivity contribution is 8.00. The van der Waals surface area contributed by atoms with Crippen LogP contribution >= 0.6 is 11.8 Å². The first-order valence-corrected chi connectivity index (χ1v) is 7.89. The molecule has 0 saturated carbocycles. The number of carbonyl (C=O) groups is 1. The van der Waals surface area contributed by atoms with Crippen molar-refractivity contribution in [3.05, 3.63) is 59.7 Å². The summed E-state index contributed by atoms with van der Waals surface area (Å²) in [6.45, 7) is 3.79. The molecule has 5 heteroatoms. The molecule has 1 N–H and O–H groups in total. The van der Waals surface area contributed by atoms with Gasteiger partial charge in [-0.2, -0.15) is 0 Å². The first-order valence-electron chi connectivity index (χ1n) is 7.01. The lowest BCUT2D eigenvalue weighted by Gasteiger charge is -2.12. The number of carbonyl (C=O) groups excluding carboxylic acids is 1. The van der Waals surface area contributed by atoms with Crippen LogP contribution in [0.5, 0.6) is 0 Å². The number of hydrogen-bond acceptors (Lipinski definition) is 2. The largest absolute Gasteiger partial charge is 0.325 e. The van der Waals surface area contributed by atoms with E-state index in [1.54, 1.807) is 6.92 Å². The molecule has 0 heterocycles. The van der Waals surface area contributed by atoms with Gasteiger partial charge in [-0.25, -0.2) is 8.78 Å². The second kappa shape index (κ2) is 7.40. The Labute approximate surface area is 132 Å². The molecule has 0 bridgehead atoms. The molecule has 0 aromatic heterocycles. The average Bonchev–Trinajstić information content (AvgIpc) is 2.51. The highest BCUT2D eigenvalue weighted by atomic mass is 32.2. The molecule has 0 aliphatic rings. The summed E-state index contributed by atoms with van der Waals surface area (Å²) in [7, 11) is 0. The van der Waals surface area contributed by atoms with Crippen LogP contribution in [0.1, 0.15) is 19.4 Å². The van der Waals surface area contributed by atoms with Crippen LogP contribution in [0, 0.1) is 11.6 Å². The second-order valence-corrected chi connectivity index (χ2v) is 6.29. The summed E-state index contributed by atoms with van der Waals surface area (Å²) in [6, 6.07) is 11.2. The maximum absolute atomic E-state index is 13.2. The maximum atomic E-state index is 13.2. The predicted molar refractivity (Wildman–Crippen MR) is 86.1 cm³/mol. The van der Waals surface area contributed by atoms with Crippen molar-refractivity contribution in [2.45, 2.75) is 30.4 Å². The Kier molecular flexibility index (Phi) is 5.55. The first kappa shape index (κ1) is 16.5. The topological polar surface area (TPSA) is 29.1 Å². The molecule has 2 aromatic rings. The van der Waals surface area contributed by atoms with Crippen LogP contribution in [0.25, 0.3) is 0 Å². The van der Waals surface area contributed by atoms with Crippen molar-refractivity contribution >= 4 is 23.4 Å². The minimum absolute atomic E-state index is 0.181. The minimum atomic E-state index is -0.909. The normalized spacial score (nSPS) is 12.0. The number of halogens is 2. The Morgan fingerprint density at radius 2 is 1.82 bits per heavy atom. The lowest BCUT2D eigenvalue weighted by atomic mass is 10.1. The summed E-state index contributed by atoms with van der Waals surface area (Å²) in [6.07, 6.45) is 0.941. The molecular formula is C17H17F2NOS. The zero-order valence-electron chi connectivity index (χ0n) is 12.4. The van der Waals surface area contributed by atoms with E-state index in [0.29, 0.717) is 4.90 Å². The van der Waals surface area contributed by atoms with Crippen LogP contribution in [-0.2, 0) is 11.2 Å². The van der Waals surface area contributed by atoms with E-state index in [1.165, 1.54) is 23.4 Å². The highest BCUT2D eigenvalue weighted by Crippen LogP contribution is 2.25. The molecule has 116 valence electrons. The van der Waals surface area contributed by atoms with Gasteiger partial charge in [-0.05, 0) is 49.2 Å². The molecule has 0 fully saturated rings. The Morgan fingerprint density at radius 1 is 1.14 bits per heavy atom. The van der Waals surface area contributed by atoms with Gasteiger partial charge in [-0.15, -0.1) is 11.8 Å². The Morgan fingerprint density at radius 3 is 2.41 bits per heavy atom. The molecule has 1 atom stereocenters. The smallest absolute Gasteiger partial charge is 0.237 e. The summed E-state index contributed by atoms with van der Waals surface area (Å²) in [4.78, 5) is 12.6. The van der Waals surface area contributed by atoms with E-state index in [0.717, 1.165) is 24.2 Å². The number of rotatable bonds is 5. The predicted octanol–water partition coefficient (Wildman–Crippen LogP) is 4.65. The fourth-order valence-corrected chi connectivity index (χ4v) is 2.77. The Bertz CT molecular complexity index is 658. The number of thioether (sulfide) groups is 1. The summed E-state index contributed by atoms with van der Waals surface area (Å²) < 4.78 is 26.0. The third-order valence-corrected chi connectivity index (χ3v) is 4.30. The molecule has 0 aliphatic heterocycles. The zero-order chi connectivity index (χ0) is 16.1. The third-order valence-electron chi connectivity index (χ3n) is 3.20. The van der Waals surface area contributed by atoms with Gasteiger partial charge in [0.05, 0.1) is 5.25 Å². The fourth-order valence-electron chi connectivity index (χ4n) is 1.88. The third kappa shape index (κ3) is 4.31. The fraction of sp³-hybridized carbons (Fsp3) is 0.235. The zero-order valence-corrected chi connectivity index (χ0v) is 13.2. The van der Waals surface area contributed by atoms with E-state index in [4.69, 9.17) is 0 Å². The van der Waals surface area contributed by atoms with Gasteiger partial charge in [0.25, 0.3) is 0 Å². The van der Waals surface area contributed by atoms with Crippen molar-refractivity contribution in [1.29, 1.82) is 0 Å². The van der Waals surface area contributed by atoms with E-state index < -0.39 is 16.9 Å². The van der Waals surface area contributed by atoms with Gasteiger partial charge in [-0.1, -0.05) is 19.1 Å². The van der Waals surface area contributed by atoms with Crippen molar-refractivity contribution in [3.8, 4) is 0 Å². The van der Waals surface area contributed by atoms with Gasteiger partial charge >= 0.3 is 0 Å². The average molecular weight is 321 g/mol. The van der Waals surface area contributed by atoms with Crippen LogP contribution in [0.2, 0.25) is 0 Å². The van der Waals surface area contributed by atoms with E-state index in [1.807, 2.05) is 24.3 Å². The van der Waals surface area contributed by atoms with Crippen molar-refractivity contribution < 1.29 is 13.6 Å². The van der Waals surface area contributed by atoms with E-state index in [9.17, 15) is 13.6 Å². The van der Waals surface area contributed by atoms with E-state index in [2.05, 4.69) is 12.2 Å². The van der Waals surface area contributed by atoms with Crippen LogP contribution in [0.4, 0.5) is 14.5 Å². The molecular weight excluding hydrogens is 304 g/mol. The standard InChI is InChI=1S/C17H17F2NOS/c1-3-12-4-6-13(7-5-12)20-17(21)11(2)22-14-8-9-15(18)16(19)10-14/h4-11H,3H2,1-2H3,(H,20,21). The summed E-state index contributed by atoms with van der Waals surface area (Å²) >= 11 is 1.18. The summed E-state index contributed by atoms with van der Waals surface area (Å²) in [5.41, 5.74) is 1.92. The lowest BCUT2D eigenvalue weighted by molar-refractivity contribution is -0.115. The molecule has 22 heavy (non-hydrogen) atoms. The van der Waals surface area contributed by atoms with Crippen molar-refractivity contribution in [2.24, 2.45) is 0 Å². The van der Waals surface area contributed by atoms with Crippen molar-refractivity contribution in [2.75, 3.05) is 5.32 Å². The minimum Gasteiger partial charge on any atom is -0.325 e. The molecule has 1 unspecified atom stereocenters. The van der Waals surface area contributed by atoms with Crippen LogP contribution in [0.15, 0.2) is 47.4 Å². The second-order valence-electron chi connectivity index (χ2n) is 4.88. The number of anilines is 1. The number of hydrogen-bond donors (Lipinski definition) is 1.